The average Bonchev–Trinajstić information content (AvgIpc) is 2.30. The molecule has 2 atom stereocenters. The molecule has 1 aliphatic rings. The van der Waals surface area contributed by atoms with E-state index in [2.05, 4.69) is 26.1 Å². The zero-order valence-corrected chi connectivity index (χ0v) is 9.14. The molecule has 2 N–H and O–H groups in total. The molecule has 0 radical (unpaired) electrons. The molecule has 0 aromatic carbocycles. The standard InChI is InChI=1S/C11H23NO/c1-9(5-7-13)12-10-4-6-11(2,3)8-10/h9-10,12-13H,4-8H2,1-3H3. The molecule has 0 aromatic rings. The molecule has 0 amide bonds. The fourth-order valence-corrected chi connectivity index (χ4v) is 2.26. The van der Waals surface area contributed by atoms with Crippen molar-refractivity contribution >= 4 is 0 Å². The first-order chi connectivity index (χ1) is 6.03. The SMILES string of the molecule is CC(CCO)NC1CCC(C)(C)C1. The molecular weight excluding hydrogens is 162 g/mol. The second-order valence-electron chi connectivity index (χ2n) is 5.18. The fraction of sp³-hybridized carbons (Fsp3) is 1.00. The Hall–Kier alpha value is -0.0800. The van der Waals surface area contributed by atoms with Gasteiger partial charge < -0.3 is 10.4 Å². The van der Waals surface area contributed by atoms with E-state index in [-0.39, 0.29) is 0 Å². The van der Waals surface area contributed by atoms with Crippen LogP contribution >= 0.6 is 0 Å². The molecule has 1 saturated carbocycles. The first kappa shape index (κ1) is 11.0. The normalized spacial score (nSPS) is 29.1. The summed E-state index contributed by atoms with van der Waals surface area (Å²) in [6.45, 7) is 7.13. The zero-order chi connectivity index (χ0) is 9.90. The minimum absolute atomic E-state index is 0.296. The lowest BCUT2D eigenvalue weighted by molar-refractivity contribution is 0.260. The highest BCUT2D eigenvalue weighted by atomic mass is 16.3. The lowest BCUT2D eigenvalue weighted by Gasteiger charge is -2.21. The van der Waals surface area contributed by atoms with Gasteiger partial charge in [0.05, 0.1) is 0 Å². The number of aliphatic hydroxyl groups is 1. The van der Waals surface area contributed by atoms with Crippen molar-refractivity contribution in [1.29, 1.82) is 0 Å². The van der Waals surface area contributed by atoms with E-state index in [1.165, 1.54) is 19.3 Å². The molecule has 0 aromatic heterocycles. The maximum absolute atomic E-state index is 8.77. The minimum Gasteiger partial charge on any atom is -0.396 e. The highest BCUT2D eigenvalue weighted by Gasteiger charge is 2.30. The second kappa shape index (κ2) is 4.43. The Morgan fingerprint density at radius 1 is 1.54 bits per heavy atom. The Morgan fingerprint density at radius 3 is 2.69 bits per heavy atom. The molecule has 1 aliphatic carbocycles. The number of hydrogen-bond acceptors (Lipinski definition) is 2. The third-order valence-electron chi connectivity index (χ3n) is 3.05. The van der Waals surface area contributed by atoms with Crippen molar-refractivity contribution in [3.63, 3.8) is 0 Å². The summed E-state index contributed by atoms with van der Waals surface area (Å²) in [6.07, 6.45) is 4.78. The van der Waals surface area contributed by atoms with Crippen molar-refractivity contribution in [2.24, 2.45) is 5.41 Å². The van der Waals surface area contributed by atoms with Gasteiger partial charge in [0.15, 0.2) is 0 Å². The largest absolute Gasteiger partial charge is 0.396 e. The molecule has 0 aliphatic heterocycles. The zero-order valence-electron chi connectivity index (χ0n) is 9.14. The maximum Gasteiger partial charge on any atom is 0.0445 e. The highest BCUT2D eigenvalue weighted by molar-refractivity contribution is 4.87. The topological polar surface area (TPSA) is 32.3 Å². The van der Waals surface area contributed by atoms with Gasteiger partial charge in [-0.3, -0.25) is 0 Å². The van der Waals surface area contributed by atoms with Gasteiger partial charge in [0.2, 0.25) is 0 Å². The van der Waals surface area contributed by atoms with E-state index in [4.69, 9.17) is 5.11 Å². The van der Waals surface area contributed by atoms with Gasteiger partial charge in [0, 0.05) is 18.7 Å². The number of aliphatic hydroxyl groups excluding tert-OH is 1. The van der Waals surface area contributed by atoms with E-state index >= 15 is 0 Å². The number of rotatable bonds is 4. The summed E-state index contributed by atoms with van der Waals surface area (Å²) >= 11 is 0. The smallest absolute Gasteiger partial charge is 0.0445 e. The molecule has 78 valence electrons. The van der Waals surface area contributed by atoms with E-state index < -0.39 is 0 Å². The van der Waals surface area contributed by atoms with Crippen molar-refractivity contribution in [1.82, 2.24) is 5.32 Å². The molecule has 0 spiro atoms. The van der Waals surface area contributed by atoms with Crippen LogP contribution in [0.2, 0.25) is 0 Å². The Balaban J connectivity index is 2.24. The van der Waals surface area contributed by atoms with Crippen molar-refractivity contribution in [3.8, 4) is 0 Å². The Morgan fingerprint density at radius 2 is 2.23 bits per heavy atom. The monoisotopic (exact) mass is 185 g/mol. The number of nitrogens with one attached hydrogen (secondary N) is 1. The lowest BCUT2D eigenvalue weighted by Crippen LogP contribution is -2.35. The third-order valence-corrected chi connectivity index (χ3v) is 3.05. The van der Waals surface area contributed by atoms with Crippen LogP contribution in [-0.4, -0.2) is 23.8 Å². The van der Waals surface area contributed by atoms with Gasteiger partial charge in [-0.15, -0.1) is 0 Å². The van der Waals surface area contributed by atoms with E-state index in [0.717, 1.165) is 6.42 Å². The summed E-state index contributed by atoms with van der Waals surface area (Å²) in [5, 5.41) is 12.3. The Labute approximate surface area is 81.7 Å². The van der Waals surface area contributed by atoms with Crippen LogP contribution in [0.5, 0.6) is 0 Å². The molecule has 0 heterocycles. The van der Waals surface area contributed by atoms with Crippen LogP contribution in [0.1, 0.15) is 46.5 Å². The Bertz CT molecular complexity index is 156. The predicted octanol–water partition coefficient (Wildman–Crippen LogP) is 1.93. The molecule has 0 saturated heterocycles. The van der Waals surface area contributed by atoms with Gasteiger partial charge in [-0.1, -0.05) is 13.8 Å². The highest BCUT2D eigenvalue weighted by Crippen LogP contribution is 2.37. The van der Waals surface area contributed by atoms with Gasteiger partial charge in [-0.05, 0) is 38.0 Å². The van der Waals surface area contributed by atoms with E-state index in [1.807, 2.05) is 0 Å². The molecule has 0 bridgehead atoms. The summed E-state index contributed by atoms with van der Waals surface area (Å²) in [5.41, 5.74) is 0.524. The number of hydrogen-bond donors (Lipinski definition) is 2. The van der Waals surface area contributed by atoms with Crippen LogP contribution in [0, 0.1) is 5.41 Å². The van der Waals surface area contributed by atoms with Crippen LogP contribution in [0.3, 0.4) is 0 Å². The second-order valence-corrected chi connectivity index (χ2v) is 5.18. The van der Waals surface area contributed by atoms with Crippen LogP contribution < -0.4 is 5.32 Å². The fourth-order valence-electron chi connectivity index (χ4n) is 2.26. The molecule has 2 heteroatoms. The average molecular weight is 185 g/mol. The lowest BCUT2D eigenvalue weighted by atomic mass is 9.92. The molecule has 1 fully saturated rings. The van der Waals surface area contributed by atoms with Crippen LogP contribution in [-0.2, 0) is 0 Å². The molecule has 1 rings (SSSR count). The third kappa shape index (κ3) is 3.65. The summed E-state index contributed by atoms with van der Waals surface area (Å²) in [4.78, 5) is 0. The van der Waals surface area contributed by atoms with Gasteiger partial charge >= 0.3 is 0 Å². The first-order valence-electron chi connectivity index (χ1n) is 5.40. The summed E-state index contributed by atoms with van der Waals surface area (Å²) in [6, 6.07) is 1.14. The first-order valence-corrected chi connectivity index (χ1v) is 5.40. The summed E-state index contributed by atoms with van der Waals surface area (Å²) in [7, 11) is 0. The summed E-state index contributed by atoms with van der Waals surface area (Å²) in [5.74, 6) is 0. The van der Waals surface area contributed by atoms with Gasteiger partial charge in [-0.25, -0.2) is 0 Å². The van der Waals surface area contributed by atoms with Crippen LogP contribution in [0.4, 0.5) is 0 Å². The summed E-state index contributed by atoms with van der Waals surface area (Å²) < 4.78 is 0. The van der Waals surface area contributed by atoms with Crippen molar-refractivity contribution < 1.29 is 5.11 Å². The molecule has 2 unspecified atom stereocenters. The molecule has 2 nitrogen and oxygen atoms in total. The van der Waals surface area contributed by atoms with Crippen molar-refractivity contribution in [2.45, 2.75) is 58.5 Å². The van der Waals surface area contributed by atoms with Gasteiger partial charge in [0.25, 0.3) is 0 Å². The van der Waals surface area contributed by atoms with Crippen LogP contribution in [0.15, 0.2) is 0 Å². The maximum atomic E-state index is 8.77. The Kier molecular flexibility index (Phi) is 3.74. The van der Waals surface area contributed by atoms with E-state index in [9.17, 15) is 0 Å². The van der Waals surface area contributed by atoms with E-state index in [0.29, 0.717) is 24.1 Å². The molecular formula is C11H23NO. The van der Waals surface area contributed by atoms with Crippen LogP contribution in [0.25, 0.3) is 0 Å². The van der Waals surface area contributed by atoms with E-state index in [1.54, 1.807) is 0 Å². The van der Waals surface area contributed by atoms with Gasteiger partial charge in [-0.2, -0.15) is 0 Å². The van der Waals surface area contributed by atoms with Gasteiger partial charge in [0.1, 0.15) is 0 Å². The van der Waals surface area contributed by atoms with Crippen molar-refractivity contribution in [3.05, 3.63) is 0 Å². The molecule has 13 heavy (non-hydrogen) atoms. The minimum atomic E-state index is 0.296. The predicted molar refractivity (Wildman–Crippen MR) is 55.7 cm³/mol. The quantitative estimate of drug-likeness (QED) is 0.701. The van der Waals surface area contributed by atoms with Crippen molar-refractivity contribution in [2.75, 3.05) is 6.61 Å².